The standard InChI is InChI=1S/C12H16N2O2/c1-16-12(15)7-14-11-6-10(13)8-4-2-3-5-9(8)11/h2-5,10-11,14H,6-7,13H2,1H3. The average molecular weight is 220 g/mol. The Kier molecular flexibility index (Phi) is 3.22. The van der Waals surface area contributed by atoms with Crippen LogP contribution in [0.15, 0.2) is 24.3 Å². The van der Waals surface area contributed by atoms with Crippen LogP contribution in [0.4, 0.5) is 0 Å². The number of methoxy groups -OCH3 is 1. The molecule has 3 N–H and O–H groups in total. The summed E-state index contributed by atoms with van der Waals surface area (Å²) >= 11 is 0. The van der Waals surface area contributed by atoms with Gasteiger partial charge in [0.05, 0.1) is 13.7 Å². The molecule has 0 radical (unpaired) electrons. The second-order valence-electron chi connectivity index (χ2n) is 3.98. The lowest BCUT2D eigenvalue weighted by Gasteiger charge is -2.12. The van der Waals surface area contributed by atoms with E-state index in [1.807, 2.05) is 18.2 Å². The van der Waals surface area contributed by atoms with Crippen molar-refractivity contribution in [1.29, 1.82) is 0 Å². The third-order valence-electron chi connectivity index (χ3n) is 2.98. The summed E-state index contributed by atoms with van der Waals surface area (Å²) in [5.41, 5.74) is 8.38. The number of ether oxygens (including phenoxy) is 1. The van der Waals surface area contributed by atoms with Gasteiger partial charge in [-0.3, -0.25) is 10.1 Å². The normalized spacial score (nSPS) is 22.9. The number of carbonyl (C=O) groups is 1. The van der Waals surface area contributed by atoms with Crippen molar-refractivity contribution < 1.29 is 9.53 Å². The van der Waals surface area contributed by atoms with Crippen molar-refractivity contribution in [2.45, 2.75) is 18.5 Å². The van der Waals surface area contributed by atoms with Gasteiger partial charge in [-0.25, -0.2) is 0 Å². The number of hydrogen-bond donors (Lipinski definition) is 2. The molecule has 4 heteroatoms. The van der Waals surface area contributed by atoms with Crippen LogP contribution >= 0.6 is 0 Å². The second-order valence-corrected chi connectivity index (χ2v) is 3.98. The molecule has 0 fully saturated rings. The van der Waals surface area contributed by atoms with Gasteiger partial charge < -0.3 is 10.5 Å². The largest absolute Gasteiger partial charge is 0.468 e. The molecular weight excluding hydrogens is 204 g/mol. The van der Waals surface area contributed by atoms with Crippen LogP contribution in [-0.2, 0) is 9.53 Å². The number of nitrogens with one attached hydrogen (secondary N) is 1. The molecule has 0 heterocycles. The quantitative estimate of drug-likeness (QED) is 0.743. The van der Waals surface area contributed by atoms with Gasteiger partial charge in [0.25, 0.3) is 0 Å². The van der Waals surface area contributed by atoms with E-state index in [0.29, 0.717) is 0 Å². The van der Waals surface area contributed by atoms with E-state index in [0.717, 1.165) is 6.42 Å². The van der Waals surface area contributed by atoms with E-state index < -0.39 is 0 Å². The molecule has 0 aromatic heterocycles. The van der Waals surface area contributed by atoms with Crippen LogP contribution < -0.4 is 11.1 Å². The van der Waals surface area contributed by atoms with Gasteiger partial charge in [0.2, 0.25) is 0 Å². The van der Waals surface area contributed by atoms with Gasteiger partial charge in [-0.2, -0.15) is 0 Å². The van der Waals surface area contributed by atoms with E-state index in [9.17, 15) is 4.79 Å². The second kappa shape index (κ2) is 4.63. The lowest BCUT2D eigenvalue weighted by Crippen LogP contribution is -2.27. The maximum Gasteiger partial charge on any atom is 0.319 e. The molecule has 2 rings (SSSR count). The van der Waals surface area contributed by atoms with E-state index in [2.05, 4.69) is 16.1 Å². The molecule has 1 aliphatic rings. The lowest BCUT2D eigenvalue weighted by atomic mass is 10.1. The van der Waals surface area contributed by atoms with E-state index in [4.69, 9.17) is 5.73 Å². The summed E-state index contributed by atoms with van der Waals surface area (Å²) in [6, 6.07) is 8.29. The Labute approximate surface area is 94.8 Å². The summed E-state index contributed by atoms with van der Waals surface area (Å²) in [6.45, 7) is 0.224. The fourth-order valence-corrected chi connectivity index (χ4v) is 2.15. The fraction of sp³-hybridized carbons (Fsp3) is 0.417. The van der Waals surface area contributed by atoms with Crippen molar-refractivity contribution in [3.8, 4) is 0 Å². The predicted molar refractivity (Wildman–Crippen MR) is 60.7 cm³/mol. The zero-order valence-corrected chi connectivity index (χ0v) is 9.27. The number of carbonyl (C=O) groups excluding carboxylic acids is 1. The highest BCUT2D eigenvalue weighted by atomic mass is 16.5. The number of rotatable bonds is 3. The molecule has 0 spiro atoms. The Morgan fingerprint density at radius 3 is 2.88 bits per heavy atom. The van der Waals surface area contributed by atoms with E-state index in [1.165, 1.54) is 18.2 Å². The molecule has 86 valence electrons. The van der Waals surface area contributed by atoms with Gasteiger partial charge in [-0.1, -0.05) is 24.3 Å². The first-order valence-electron chi connectivity index (χ1n) is 5.37. The van der Waals surface area contributed by atoms with Crippen molar-refractivity contribution in [2.24, 2.45) is 5.73 Å². The molecule has 1 aromatic rings. The molecule has 0 saturated heterocycles. The molecule has 16 heavy (non-hydrogen) atoms. The van der Waals surface area contributed by atoms with Crippen molar-refractivity contribution in [2.75, 3.05) is 13.7 Å². The van der Waals surface area contributed by atoms with Crippen molar-refractivity contribution in [1.82, 2.24) is 5.32 Å². The Hall–Kier alpha value is -1.39. The Morgan fingerprint density at radius 2 is 2.19 bits per heavy atom. The van der Waals surface area contributed by atoms with Gasteiger partial charge >= 0.3 is 5.97 Å². The molecule has 0 saturated carbocycles. The molecule has 0 aliphatic heterocycles. The predicted octanol–water partition coefficient (Wildman–Crippen LogP) is 0.894. The summed E-state index contributed by atoms with van der Waals surface area (Å²) in [4.78, 5) is 11.0. The fourth-order valence-electron chi connectivity index (χ4n) is 2.15. The molecule has 1 aliphatic carbocycles. The van der Waals surface area contributed by atoms with Crippen LogP contribution in [0.1, 0.15) is 29.6 Å². The maximum atomic E-state index is 11.0. The maximum absolute atomic E-state index is 11.0. The monoisotopic (exact) mass is 220 g/mol. The summed E-state index contributed by atoms with van der Waals surface area (Å²) in [6.07, 6.45) is 0.830. The van der Waals surface area contributed by atoms with Gasteiger partial charge in [0.15, 0.2) is 0 Å². The molecule has 2 atom stereocenters. The smallest absolute Gasteiger partial charge is 0.319 e. The third kappa shape index (κ3) is 2.08. The Bertz CT molecular complexity index is 392. The lowest BCUT2D eigenvalue weighted by molar-refractivity contribution is -0.139. The molecule has 2 unspecified atom stereocenters. The summed E-state index contributed by atoms with van der Waals surface area (Å²) < 4.78 is 4.59. The van der Waals surface area contributed by atoms with Gasteiger partial charge in [0, 0.05) is 12.1 Å². The summed E-state index contributed by atoms with van der Waals surface area (Å²) in [7, 11) is 1.39. The first-order chi connectivity index (χ1) is 7.72. The topological polar surface area (TPSA) is 64.3 Å². The molecule has 0 amide bonds. The van der Waals surface area contributed by atoms with Crippen LogP contribution in [0.2, 0.25) is 0 Å². The number of hydrogen-bond acceptors (Lipinski definition) is 4. The number of benzene rings is 1. The molecule has 1 aromatic carbocycles. The number of esters is 1. The van der Waals surface area contributed by atoms with Crippen LogP contribution in [0.5, 0.6) is 0 Å². The van der Waals surface area contributed by atoms with Gasteiger partial charge in [-0.15, -0.1) is 0 Å². The highest BCUT2D eigenvalue weighted by Gasteiger charge is 2.27. The van der Waals surface area contributed by atoms with Crippen molar-refractivity contribution in [3.63, 3.8) is 0 Å². The zero-order valence-electron chi connectivity index (χ0n) is 9.27. The Morgan fingerprint density at radius 1 is 1.50 bits per heavy atom. The average Bonchev–Trinajstić information content (AvgIpc) is 2.64. The van der Waals surface area contributed by atoms with E-state index in [1.54, 1.807) is 0 Å². The van der Waals surface area contributed by atoms with Crippen LogP contribution in [0, 0.1) is 0 Å². The highest BCUT2D eigenvalue weighted by Crippen LogP contribution is 2.36. The molecule has 0 bridgehead atoms. The first-order valence-corrected chi connectivity index (χ1v) is 5.37. The minimum absolute atomic E-state index is 0.0614. The van der Waals surface area contributed by atoms with Crippen molar-refractivity contribution in [3.05, 3.63) is 35.4 Å². The number of fused-ring (bicyclic) bond motifs is 1. The highest BCUT2D eigenvalue weighted by molar-refractivity contribution is 5.71. The van der Waals surface area contributed by atoms with E-state index >= 15 is 0 Å². The zero-order chi connectivity index (χ0) is 11.5. The van der Waals surface area contributed by atoms with Gasteiger partial charge in [0.1, 0.15) is 0 Å². The minimum atomic E-state index is -0.252. The molecule has 4 nitrogen and oxygen atoms in total. The van der Waals surface area contributed by atoms with Crippen molar-refractivity contribution >= 4 is 5.97 Å². The minimum Gasteiger partial charge on any atom is -0.468 e. The SMILES string of the molecule is COC(=O)CNC1CC(N)c2ccccc21. The molecular formula is C12H16N2O2. The van der Waals surface area contributed by atoms with E-state index in [-0.39, 0.29) is 24.6 Å². The van der Waals surface area contributed by atoms with Gasteiger partial charge in [-0.05, 0) is 17.5 Å². The third-order valence-corrected chi connectivity index (χ3v) is 2.98. The summed E-state index contributed by atoms with van der Waals surface area (Å²) in [5, 5.41) is 3.16. The van der Waals surface area contributed by atoms with Crippen LogP contribution in [0.3, 0.4) is 0 Å². The Balaban J connectivity index is 2.06. The summed E-state index contributed by atoms with van der Waals surface area (Å²) in [5.74, 6) is -0.252. The van der Waals surface area contributed by atoms with Crippen LogP contribution in [-0.4, -0.2) is 19.6 Å². The first kappa shape index (κ1) is 11.1. The number of nitrogens with two attached hydrogens (primary N) is 1. The van der Waals surface area contributed by atoms with Crippen LogP contribution in [0.25, 0.3) is 0 Å².